The third kappa shape index (κ3) is 2.97. The number of thioether (sulfide) groups is 1. The minimum absolute atomic E-state index is 0.431. The van der Waals surface area contributed by atoms with Crippen molar-refractivity contribution < 1.29 is 8.78 Å². The Balaban J connectivity index is 2.10. The average Bonchev–Trinajstić information content (AvgIpc) is 2.30. The van der Waals surface area contributed by atoms with Crippen molar-refractivity contribution in [3.63, 3.8) is 0 Å². The van der Waals surface area contributed by atoms with E-state index in [-0.39, 0.29) is 0 Å². The SMILES string of the molecule is Nc1ccccc1SCc1ccc(F)cc1F. The fourth-order valence-electron chi connectivity index (χ4n) is 1.41. The summed E-state index contributed by atoms with van der Waals surface area (Å²) in [7, 11) is 0. The van der Waals surface area contributed by atoms with Crippen molar-refractivity contribution >= 4 is 17.4 Å². The summed E-state index contributed by atoms with van der Waals surface area (Å²) >= 11 is 1.43. The van der Waals surface area contributed by atoms with Crippen LogP contribution in [0.3, 0.4) is 0 Å². The summed E-state index contributed by atoms with van der Waals surface area (Å²) < 4.78 is 26.1. The van der Waals surface area contributed by atoms with Crippen molar-refractivity contribution in [1.82, 2.24) is 0 Å². The topological polar surface area (TPSA) is 26.0 Å². The number of para-hydroxylation sites is 1. The van der Waals surface area contributed by atoms with Crippen molar-refractivity contribution in [2.75, 3.05) is 5.73 Å². The fraction of sp³-hybridized carbons (Fsp3) is 0.0769. The molecule has 0 aliphatic rings. The van der Waals surface area contributed by atoms with Crippen LogP contribution in [0.2, 0.25) is 0 Å². The van der Waals surface area contributed by atoms with E-state index in [0.29, 0.717) is 17.0 Å². The summed E-state index contributed by atoms with van der Waals surface area (Å²) in [5, 5.41) is 0. The van der Waals surface area contributed by atoms with Crippen molar-refractivity contribution in [2.45, 2.75) is 10.6 Å². The molecule has 4 heteroatoms. The van der Waals surface area contributed by atoms with Crippen LogP contribution in [0.15, 0.2) is 47.4 Å². The third-order valence-electron chi connectivity index (χ3n) is 2.32. The predicted molar refractivity (Wildman–Crippen MR) is 66.8 cm³/mol. The first-order chi connectivity index (χ1) is 8.16. The minimum atomic E-state index is -0.560. The maximum atomic E-state index is 13.4. The molecule has 0 saturated carbocycles. The van der Waals surface area contributed by atoms with Gasteiger partial charge in [-0.1, -0.05) is 18.2 Å². The highest BCUT2D eigenvalue weighted by atomic mass is 32.2. The van der Waals surface area contributed by atoms with Gasteiger partial charge >= 0.3 is 0 Å². The molecule has 2 rings (SSSR count). The van der Waals surface area contributed by atoms with Gasteiger partial charge in [-0.3, -0.25) is 0 Å². The number of anilines is 1. The number of rotatable bonds is 3. The van der Waals surface area contributed by atoms with Crippen LogP contribution in [0, 0.1) is 11.6 Å². The van der Waals surface area contributed by atoms with Gasteiger partial charge in [0.05, 0.1) is 0 Å². The second kappa shape index (κ2) is 5.19. The van der Waals surface area contributed by atoms with E-state index in [0.717, 1.165) is 11.0 Å². The molecular formula is C13H11F2NS. The van der Waals surface area contributed by atoms with E-state index < -0.39 is 11.6 Å². The molecule has 1 nitrogen and oxygen atoms in total. The maximum Gasteiger partial charge on any atom is 0.130 e. The Morgan fingerprint density at radius 2 is 1.82 bits per heavy atom. The first-order valence-electron chi connectivity index (χ1n) is 5.08. The Hall–Kier alpha value is -1.55. The number of nitrogen functional groups attached to an aromatic ring is 1. The van der Waals surface area contributed by atoms with Crippen molar-refractivity contribution in [3.8, 4) is 0 Å². The first kappa shape index (κ1) is 11.9. The summed E-state index contributed by atoms with van der Waals surface area (Å²) in [5.74, 6) is -0.650. The van der Waals surface area contributed by atoms with E-state index in [2.05, 4.69) is 0 Å². The zero-order valence-corrected chi connectivity index (χ0v) is 9.81. The second-order valence-corrected chi connectivity index (χ2v) is 4.58. The highest BCUT2D eigenvalue weighted by molar-refractivity contribution is 7.98. The Labute approximate surface area is 103 Å². The van der Waals surface area contributed by atoms with Crippen LogP contribution in [0.1, 0.15) is 5.56 Å². The molecule has 0 amide bonds. The molecule has 88 valence electrons. The van der Waals surface area contributed by atoms with Crippen LogP contribution in [-0.2, 0) is 5.75 Å². The van der Waals surface area contributed by atoms with Gasteiger partial charge < -0.3 is 5.73 Å². The van der Waals surface area contributed by atoms with Crippen LogP contribution in [0.5, 0.6) is 0 Å². The molecule has 0 aliphatic carbocycles. The molecule has 0 aliphatic heterocycles. The van der Waals surface area contributed by atoms with Gasteiger partial charge in [0.15, 0.2) is 0 Å². The van der Waals surface area contributed by atoms with Gasteiger partial charge in [-0.25, -0.2) is 8.78 Å². The van der Waals surface area contributed by atoms with Crippen LogP contribution in [0.25, 0.3) is 0 Å². The predicted octanol–water partition coefficient (Wildman–Crippen LogP) is 3.84. The lowest BCUT2D eigenvalue weighted by molar-refractivity contribution is 0.576. The summed E-state index contributed by atoms with van der Waals surface area (Å²) in [6.45, 7) is 0. The largest absolute Gasteiger partial charge is 0.398 e. The summed E-state index contributed by atoms with van der Waals surface area (Å²) in [4.78, 5) is 0.899. The summed E-state index contributed by atoms with van der Waals surface area (Å²) in [5.41, 5.74) is 6.91. The van der Waals surface area contributed by atoms with E-state index in [4.69, 9.17) is 5.73 Å². The molecule has 17 heavy (non-hydrogen) atoms. The fourth-order valence-corrected chi connectivity index (χ4v) is 2.36. The Kier molecular flexibility index (Phi) is 3.64. The molecule has 0 spiro atoms. The monoisotopic (exact) mass is 251 g/mol. The Morgan fingerprint density at radius 1 is 1.06 bits per heavy atom. The minimum Gasteiger partial charge on any atom is -0.398 e. The Morgan fingerprint density at radius 3 is 2.53 bits per heavy atom. The number of halogens is 2. The zero-order valence-electron chi connectivity index (χ0n) is 8.99. The molecule has 2 N–H and O–H groups in total. The van der Waals surface area contributed by atoms with E-state index in [9.17, 15) is 8.78 Å². The summed E-state index contributed by atoms with van der Waals surface area (Å²) in [6, 6.07) is 11.0. The molecule has 0 saturated heterocycles. The number of hydrogen-bond acceptors (Lipinski definition) is 2. The van der Waals surface area contributed by atoms with Crippen LogP contribution in [-0.4, -0.2) is 0 Å². The van der Waals surface area contributed by atoms with Gasteiger partial charge in [0, 0.05) is 22.4 Å². The molecule has 2 aromatic carbocycles. The lowest BCUT2D eigenvalue weighted by atomic mass is 10.2. The molecule has 0 atom stereocenters. The van der Waals surface area contributed by atoms with E-state index in [1.54, 1.807) is 6.07 Å². The molecule has 0 bridgehead atoms. The summed E-state index contributed by atoms with van der Waals surface area (Å²) in [6.07, 6.45) is 0. The Bertz CT molecular complexity index is 529. The third-order valence-corrected chi connectivity index (χ3v) is 3.46. The van der Waals surface area contributed by atoms with Crippen molar-refractivity contribution in [2.24, 2.45) is 0 Å². The van der Waals surface area contributed by atoms with Crippen LogP contribution < -0.4 is 5.73 Å². The van der Waals surface area contributed by atoms with Crippen LogP contribution in [0.4, 0.5) is 14.5 Å². The van der Waals surface area contributed by atoms with Crippen molar-refractivity contribution in [1.29, 1.82) is 0 Å². The van der Waals surface area contributed by atoms with Gasteiger partial charge in [-0.2, -0.15) is 0 Å². The molecule has 0 unspecified atom stereocenters. The lowest BCUT2D eigenvalue weighted by Gasteiger charge is -2.06. The lowest BCUT2D eigenvalue weighted by Crippen LogP contribution is -1.91. The van der Waals surface area contributed by atoms with E-state index in [1.807, 2.05) is 18.2 Å². The molecule has 0 heterocycles. The molecule has 0 aromatic heterocycles. The standard InChI is InChI=1S/C13H11F2NS/c14-10-6-5-9(11(15)7-10)8-17-13-4-2-1-3-12(13)16/h1-7H,8,16H2. The average molecular weight is 251 g/mol. The molecule has 0 radical (unpaired) electrons. The highest BCUT2D eigenvalue weighted by Gasteiger charge is 2.05. The van der Waals surface area contributed by atoms with Gasteiger partial charge in [-0.05, 0) is 23.8 Å². The molecular weight excluding hydrogens is 240 g/mol. The zero-order chi connectivity index (χ0) is 12.3. The number of hydrogen-bond donors (Lipinski definition) is 1. The first-order valence-corrected chi connectivity index (χ1v) is 6.06. The quantitative estimate of drug-likeness (QED) is 0.662. The maximum absolute atomic E-state index is 13.4. The normalized spacial score (nSPS) is 10.5. The smallest absolute Gasteiger partial charge is 0.130 e. The van der Waals surface area contributed by atoms with Gasteiger partial charge in [0.25, 0.3) is 0 Å². The van der Waals surface area contributed by atoms with Crippen molar-refractivity contribution in [3.05, 3.63) is 59.7 Å². The van der Waals surface area contributed by atoms with E-state index >= 15 is 0 Å². The van der Waals surface area contributed by atoms with Crippen LogP contribution >= 0.6 is 11.8 Å². The number of nitrogens with two attached hydrogens (primary N) is 1. The van der Waals surface area contributed by atoms with Gasteiger partial charge in [-0.15, -0.1) is 11.8 Å². The molecule has 2 aromatic rings. The van der Waals surface area contributed by atoms with Gasteiger partial charge in [0.2, 0.25) is 0 Å². The number of benzene rings is 2. The van der Waals surface area contributed by atoms with Gasteiger partial charge in [0.1, 0.15) is 11.6 Å². The van der Waals surface area contributed by atoms with E-state index in [1.165, 1.54) is 23.9 Å². The molecule has 0 fully saturated rings. The highest BCUT2D eigenvalue weighted by Crippen LogP contribution is 2.28. The second-order valence-electron chi connectivity index (χ2n) is 3.56.